The summed E-state index contributed by atoms with van der Waals surface area (Å²) in [4.78, 5) is 36.9. The van der Waals surface area contributed by atoms with Crippen LogP contribution in [0.15, 0.2) is 12.2 Å². The number of unbranched alkanes of at least 4 members (excludes halogenated alkanes) is 24. The molecule has 0 aliphatic rings. The molecule has 0 radical (unpaired) electrons. The van der Waals surface area contributed by atoms with Crippen LogP contribution in [0.3, 0.4) is 0 Å². The summed E-state index contributed by atoms with van der Waals surface area (Å²) in [7, 11) is 5.53. The first-order chi connectivity index (χ1) is 25.6. The highest BCUT2D eigenvalue weighted by atomic mass is 16.6. The number of hydrogen-bond acceptors (Lipinski definition) is 6. The molecule has 2 atom stereocenters. The summed E-state index contributed by atoms with van der Waals surface area (Å²) in [5.74, 6) is -1.47. The van der Waals surface area contributed by atoms with E-state index in [9.17, 15) is 19.5 Å². The molecule has 0 aliphatic heterocycles. The lowest BCUT2D eigenvalue weighted by atomic mass is 10.0. The second-order valence-corrected chi connectivity index (χ2v) is 16.3. The number of rotatable bonds is 40. The third-order valence-electron chi connectivity index (χ3n) is 10.2. The van der Waals surface area contributed by atoms with Crippen LogP contribution >= 0.6 is 0 Å². The maximum Gasteiger partial charge on any atom is 0.362 e. The normalized spacial score (nSPS) is 13.0. The Hall–Kier alpha value is -1.93. The number of esters is 2. The van der Waals surface area contributed by atoms with Crippen LogP contribution in [0.2, 0.25) is 0 Å². The van der Waals surface area contributed by atoms with Crippen LogP contribution in [-0.2, 0) is 28.6 Å². The fourth-order valence-corrected chi connectivity index (χ4v) is 6.66. The van der Waals surface area contributed by atoms with Crippen molar-refractivity contribution in [2.24, 2.45) is 0 Å². The molecule has 0 bridgehead atoms. The standard InChI is InChI=1S/C45H85NO7/c1-6-8-10-12-14-16-18-19-20-21-22-23-24-26-27-29-31-33-35-43(47)52-40-41(39-51-38-37-42(45(49)50)46(3,4)5)53-44(48)36-34-32-30-28-25-17-15-13-11-9-7-2/h13,15,41-42H,6-12,14,16-40H2,1-5H3/p+1/b15-13+. The highest BCUT2D eigenvalue weighted by Gasteiger charge is 2.31. The summed E-state index contributed by atoms with van der Waals surface area (Å²) in [6, 6.07) is -0.611. The van der Waals surface area contributed by atoms with Crippen molar-refractivity contribution in [2.45, 2.75) is 219 Å². The van der Waals surface area contributed by atoms with Crippen molar-refractivity contribution in [1.29, 1.82) is 0 Å². The van der Waals surface area contributed by atoms with Crippen molar-refractivity contribution in [3.05, 3.63) is 12.2 Å². The lowest BCUT2D eigenvalue weighted by molar-refractivity contribution is -0.887. The van der Waals surface area contributed by atoms with Crippen LogP contribution in [0.5, 0.6) is 0 Å². The molecule has 8 nitrogen and oxygen atoms in total. The van der Waals surface area contributed by atoms with Crippen LogP contribution in [0.1, 0.15) is 206 Å². The van der Waals surface area contributed by atoms with E-state index >= 15 is 0 Å². The highest BCUT2D eigenvalue weighted by Crippen LogP contribution is 2.16. The Labute approximate surface area is 327 Å². The monoisotopic (exact) mass is 753 g/mol. The summed E-state index contributed by atoms with van der Waals surface area (Å²) < 4.78 is 17.3. The number of aliphatic carboxylic acids is 1. The third kappa shape index (κ3) is 35.5. The number of likely N-dealkylation sites (N-methyl/N-ethyl adjacent to an activating group) is 1. The van der Waals surface area contributed by atoms with E-state index in [1.807, 2.05) is 21.1 Å². The van der Waals surface area contributed by atoms with Crippen LogP contribution in [-0.4, -0.2) is 80.6 Å². The molecule has 0 aromatic carbocycles. The van der Waals surface area contributed by atoms with Gasteiger partial charge in [0.25, 0.3) is 0 Å². The molecule has 312 valence electrons. The molecule has 0 heterocycles. The minimum atomic E-state index is -0.874. The van der Waals surface area contributed by atoms with Crippen LogP contribution in [0.4, 0.5) is 0 Å². The number of quaternary nitrogens is 1. The van der Waals surface area contributed by atoms with Gasteiger partial charge in [0.2, 0.25) is 0 Å². The van der Waals surface area contributed by atoms with Crippen molar-refractivity contribution in [2.75, 3.05) is 41.0 Å². The zero-order chi connectivity index (χ0) is 39.3. The van der Waals surface area contributed by atoms with Gasteiger partial charge in [-0.05, 0) is 32.1 Å². The number of carbonyl (C=O) groups excluding carboxylic acids is 2. The van der Waals surface area contributed by atoms with E-state index in [2.05, 4.69) is 26.0 Å². The molecule has 0 amide bonds. The van der Waals surface area contributed by atoms with Crippen molar-refractivity contribution >= 4 is 17.9 Å². The molecule has 0 rings (SSSR count). The lowest BCUT2D eigenvalue weighted by Gasteiger charge is -2.31. The molecule has 0 aliphatic carbocycles. The van der Waals surface area contributed by atoms with Gasteiger partial charge in [0.1, 0.15) is 6.61 Å². The molecule has 0 spiro atoms. The van der Waals surface area contributed by atoms with Gasteiger partial charge in [-0.15, -0.1) is 0 Å². The maximum atomic E-state index is 12.7. The van der Waals surface area contributed by atoms with E-state index in [1.54, 1.807) is 0 Å². The second-order valence-electron chi connectivity index (χ2n) is 16.3. The Morgan fingerprint density at radius 1 is 0.547 bits per heavy atom. The van der Waals surface area contributed by atoms with Gasteiger partial charge in [0.15, 0.2) is 12.1 Å². The zero-order valence-corrected chi connectivity index (χ0v) is 35.5. The molecular formula is C45H86NO7+. The summed E-state index contributed by atoms with van der Waals surface area (Å²) in [6.45, 7) is 4.71. The number of hydrogen-bond donors (Lipinski definition) is 1. The first-order valence-electron chi connectivity index (χ1n) is 22.2. The molecule has 0 fully saturated rings. The molecule has 0 aromatic rings. The topological polar surface area (TPSA) is 99.1 Å². The molecule has 53 heavy (non-hydrogen) atoms. The Morgan fingerprint density at radius 3 is 1.42 bits per heavy atom. The Balaban J connectivity index is 4.25. The number of nitrogens with zero attached hydrogens (tertiary/aromatic N) is 1. The van der Waals surface area contributed by atoms with Gasteiger partial charge in [0, 0.05) is 19.3 Å². The SMILES string of the molecule is CCCC/C=C/CCCCCCCC(=O)OC(COCCC(C(=O)O)[N+](C)(C)C)COC(=O)CCCCCCCCCCCCCCCCCCCC. The Bertz CT molecular complexity index is 885. The van der Waals surface area contributed by atoms with Gasteiger partial charge in [0.05, 0.1) is 34.4 Å². The summed E-state index contributed by atoms with van der Waals surface area (Å²) >= 11 is 0. The first-order valence-corrected chi connectivity index (χ1v) is 22.2. The lowest BCUT2D eigenvalue weighted by Crippen LogP contribution is -2.50. The minimum absolute atomic E-state index is 0.0485. The van der Waals surface area contributed by atoms with E-state index in [1.165, 1.54) is 122 Å². The quantitative estimate of drug-likeness (QED) is 0.0288. The van der Waals surface area contributed by atoms with Gasteiger partial charge in [-0.1, -0.05) is 167 Å². The number of ether oxygens (including phenoxy) is 3. The highest BCUT2D eigenvalue weighted by molar-refractivity contribution is 5.72. The maximum absolute atomic E-state index is 12.7. The Kier molecular flexibility index (Phi) is 35.7. The molecule has 8 heteroatoms. The van der Waals surface area contributed by atoms with E-state index in [0.717, 1.165) is 51.4 Å². The van der Waals surface area contributed by atoms with Crippen molar-refractivity contribution < 1.29 is 38.2 Å². The fourth-order valence-electron chi connectivity index (χ4n) is 6.66. The average molecular weight is 753 g/mol. The van der Waals surface area contributed by atoms with Crippen molar-refractivity contribution in [1.82, 2.24) is 0 Å². The van der Waals surface area contributed by atoms with Gasteiger partial charge in [-0.25, -0.2) is 4.79 Å². The predicted octanol–water partition coefficient (Wildman–Crippen LogP) is 11.9. The fraction of sp³-hybridized carbons (Fsp3) is 0.889. The van der Waals surface area contributed by atoms with E-state index in [-0.39, 0.29) is 36.2 Å². The third-order valence-corrected chi connectivity index (χ3v) is 10.2. The van der Waals surface area contributed by atoms with Crippen molar-refractivity contribution in [3.63, 3.8) is 0 Å². The number of carboxylic acids is 1. The number of carboxylic acid groups (broad SMARTS) is 1. The summed E-state index contributed by atoms with van der Waals surface area (Å²) in [5, 5.41) is 9.60. The molecular weight excluding hydrogens is 666 g/mol. The van der Waals surface area contributed by atoms with E-state index in [4.69, 9.17) is 14.2 Å². The Morgan fingerprint density at radius 2 is 0.962 bits per heavy atom. The molecule has 1 N–H and O–H groups in total. The summed E-state index contributed by atoms with van der Waals surface area (Å²) in [6.07, 6.45) is 38.2. The zero-order valence-electron chi connectivity index (χ0n) is 35.5. The average Bonchev–Trinajstić information content (AvgIpc) is 3.11. The van der Waals surface area contributed by atoms with Crippen molar-refractivity contribution in [3.8, 4) is 0 Å². The summed E-state index contributed by atoms with van der Waals surface area (Å²) in [5.41, 5.74) is 0. The van der Waals surface area contributed by atoms with Crippen LogP contribution in [0, 0.1) is 0 Å². The van der Waals surface area contributed by atoms with Gasteiger partial charge in [-0.2, -0.15) is 0 Å². The number of allylic oxidation sites excluding steroid dienone is 2. The van der Waals surface area contributed by atoms with E-state index < -0.39 is 18.1 Å². The molecule has 2 unspecified atom stereocenters. The van der Waals surface area contributed by atoms with Crippen LogP contribution < -0.4 is 0 Å². The molecule has 0 aromatic heterocycles. The smallest absolute Gasteiger partial charge is 0.362 e. The predicted molar refractivity (Wildman–Crippen MR) is 220 cm³/mol. The van der Waals surface area contributed by atoms with Crippen LogP contribution in [0.25, 0.3) is 0 Å². The minimum Gasteiger partial charge on any atom is -0.477 e. The molecule has 0 saturated carbocycles. The van der Waals surface area contributed by atoms with E-state index in [0.29, 0.717) is 19.3 Å². The molecule has 0 saturated heterocycles. The number of carbonyl (C=O) groups is 3. The van der Waals surface area contributed by atoms with Gasteiger partial charge in [-0.3, -0.25) is 9.59 Å². The largest absolute Gasteiger partial charge is 0.477 e. The van der Waals surface area contributed by atoms with Gasteiger partial charge < -0.3 is 23.8 Å². The second kappa shape index (κ2) is 37.0. The van der Waals surface area contributed by atoms with Gasteiger partial charge >= 0.3 is 17.9 Å². The first kappa shape index (κ1) is 51.1.